The molecule has 0 amide bonds. The summed E-state index contributed by atoms with van der Waals surface area (Å²) >= 11 is 0. The summed E-state index contributed by atoms with van der Waals surface area (Å²) in [5, 5.41) is 0. The number of H-pyrrole nitrogens is 1. The largest absolute Gasteiger partial charge is 0.496 e. The highest BCUT2D eigenvalue weighted by atomic mass is 16.5. The highest BCUT2D eigenvalue weighted by Crippen LogP contribution is 2.32. The minimum Gasteiger partial charge on any atom is -0.496 e. The Morgan fingerprint density at radius 2 is 2.00 bits per heavy atom. The van der Waals surface area contributed by atoms with Crippen molar-refractivity contribution in [3.8, 4) is 11.4 Å². The third-order valence-electron chi connectivity index (χ3n) is 3.00. The van der Waals surface area contributed by atoms with Gasteiger partial charge in [-0.15, -0.1) is 0 Å². The van der Waals surface area contributed by atoms with Crippen molar-refractivity contribution in [2.45, 2.75) is 26.2 Å². The molecule has 0 unspecified atom stereocenters. The lowest BCUT2D eigenvalue weighted by Gasteiger charge is -2.22. The predicted molar refractivity (Wildman–Crippen MR) is 76.7 cm³/mol. The first kappa shape index (κ1) is 14.1. The number of aromatic amines is 1. The van der Waals surface area contributed by atoms with Crippen LogP contribution in [0.15, 0.2) is 34.0 Å². The van der Waals surface area contributed by atoms with E-state index in [9.17, 15) is 9.59 Å². The monoisotopic (exact) mass is 273 g/mol. The molecule has 20 heavy (non-hydrogen) atoms. The molecular formula is C15H17N2O3. The Balaban J connectivity index is 2.65. The fourth-order valence-corrected chi connectivity index (χ4v) is 1.96. The molecule has 0 aliphatic carbocycles. The average Bonchev–Trinajstić information content (AvgIpc) is 2.37. The molecule has 2 aromatic rings. The molecule has 1 radical (unpaired) electrons. The third-order valence-corrected chi connectivity index (χ3v) is 3.00. The SMILES string of the molecule is COc1[c]cc(-n2ccc(=O)[nH]c2=O)cc1C(C)(C)C. The number of aromatic nitrogens is 2. The first-order valence-corrected chi connectivity index (χ1v) is 6.25. The van der Waals surface area contributed by atoms with Gasteiger partial charge in [-0.3, -0.25) is 14.3 Å². The molecule has 0 saturated carbocycles. The Labute approximate surface area is 116 Å². The quantitative estimate of drug-likeness (QED) is 0.904. The van der Waals surface area contributed by atoms with Gasteiger partial charge in [-0.05, 0) is 17.5 Å². The highest BCUT2D eigenvalue weighted by Gasteiger charge is 2.20. The Morgan fingerprint density at radius 1 is 1.30 bits per heavy atom. The zero-order chi connectivity index (χ0) is 14.9. The molecule has 0 aliphatic rings. The number of hydrogen-bond donors (Lipinski definition) is 1. The summed E-state index contributed by atoms with van der Waals surface area (Å²) in [5.74, 6) is 0.652. The average molecular weight is 273 g/mol. The molecular weight excluding hydrogens is 256 g/mol. The van der Waals surface area contributed by atoms with Crippen LogP contribution in [-0.2, 0) is 5.41 Å². The van der Waals surface area contributed by atoms with Crippen LogP contribution in [0.2, 0.25) is 0 Å². The number of hydrogen-bond acceptors (Lipinski definition) is 3. The Morgan fingerprint density at radius 3 is 2.55 bits per heavy atom. The Bertz CT molecular complexity index is 736. The number of rotatable bonds is 2. The molecule has 0 atom stereocenters. The maximum Gasteiger partial charge on any atom is 0.332 e. The molecule has 5 heteroatoms. The fraction of sp³-hybridized carbons (Fsp3) is 0.333. The van der Waals surface area contributed by atoms with Gasteiger partial charge in [-0.2, -0.15) is 0 Å². The van der Waals surface area contributed by atoms with Gasteiger partial charge in [0.2, 0.25) is 0 Å². The summed E-state index contributed by atoms with van der Waals surface area (Å²) < 4.78 is 6.68. The lowest BCUT2D eigenvalue weighted by Crippen LogP contribution is -2.27. The van der Waals surface area contributed by atoms with Crippen molar-refractivity contribution in [1.82, 2.24) is 9.55 Å². The normalized spacial score (nSPS) is 11.4. The van der Waals surface area contributed by atoms with Gasteiger partial charge in [-0.25, -0.2) is 4.79 Å². The van der Waals surface area contributed by atoms with E-state index in [2.05, 4.69) is 31.8 Å². The van der Waals surface area contributed by atoms with E-state index in [1.54, 1.807) is 13.2 Å². The van der Waals surface area contributed by atoms with Crippen molar-refractivity contribution in [3.63, 3.8) is 0 Å². The van der Waals surface area contributed by atoms with E-state index in [4.69, 9.17) is 4.74 Å². The van der Waals surface area contributed by atoms with E-state index in [0.29, 0.717) is 11.4 Å². The van der Waals surface area contributed by atoms with Crippen LogP contribution in [0, 0.1) is 6.07 Å². The van der Waals surface area contributed by atoms with Crippen LogP contribution >= 0.6 is 0 Å². The van der Waals surface area contributed by atoms with Gasteiger partial charge >= 0.3 is 5.69 Å². The second-order valence-electron chi connectivity index (χ2n) is 5.53. The molecule has 0 spiro atoms. The maximum atomic E-state index is 11.8. The number of methoxy groups -OCH3 is 1. The van der Waals surface area contributed by atoms with E-state index >= 15 is 0 Å². The van der Waals surface area contributed by atoms with Gasteiger partial charge in [0.25, 0.3) is 5.56 Å². The first-order valence-electron chi connectivity index (χ1n) is 6.25. The van der Waals surface area contributed by atoms with Gasteiger partial charge in [-0.1, -0.05) is 20.8 Å². The Kier molecular flexibility index (Phi) is 3.53. The number of ether oxygens (including phenoxy) is 1. The van der Waals surface area contributed by atoms with Crippen molar-refractivity contribution >= 4 is 0 Å². The Hall–Kier alpha value is -2.30. The molecule has 105 valence electrons. The molecule has 0 aliphatic heterocycles. The van der Waals surface area contributed by atoms with Crippen molar-refractivity contribution in [2.75, 3.05) is 7.11 Å². The van der Waals surface area contributed by atoms with Crippen LogP contribution in [0.3, 0.4) is 0 Å². The zero-order valence-corrected chi connectivity index (χ0v) is 12.0. The highest BCUT2D eigenvalue weighted by molar-refractivity contribution is 5.46. The summed E-state index contributed by atoms with van der Waals surface area (Å²) in [6.07, 6.45) is 1.45. The van der Waals surface area contributed by atoms with Crippen LogP contribution in [0.5, 0.6) is 5.75 Å². The molecule has 0 bridgehead atoms. The van der Waals surface area contributed by atoms with Crippen molar-refractivity contribution in [2.24, 2.45) is 0 Å². The summed E-state index contributed by atoms with van der Waals surface area (Å²) in [4.78, 5) is 25.2. The second-order valence-corrected chi connectivity index (χ2v) is 5.53. The molecule has 0 fully saturated rings. The van der Waals surface area contributed by atoms with Gasteiger partial charge in [0.05, 0.1) is 12.8 Å². The molecule has 1 N–H and O–H groups in total. The van der Waals surface area contributed by atoms with Crippen molar-refractivity contribution < 1.29 is 4.74 Å². The van der Waals surface area contributed by atoms with Crippen molar-refractivity contribution in [1.29, 1.82) is 0 Å². The summed E-state index contributed by atoms with van der Waals surface area (Å²) in [6, 6.07) is 7.87. The van der Waals surface area contributed by atoms with Crippen LogP contribution in [0.4, 0.5) is 0 Å². The minimum atomic E-state index is -0.476. The maximum absolute atomic E-state index is 11.8. The fourth-order valence-electron chi connectivity index (χ4n) is 1.96. The molecule has 5 nitrogen and oxygen atoms in total. The number of benzene rings is 1. The predicted octanol–water partition coefficient (Wildman–Crippen LogP) is 1.63. The standard InChI is InChI=1S/C15H17N2O3/c1-15(2,3)11-9-10(5-6-12(11)20-4)17-8-7-13(18)16-14(17)19/h5,7-9H,1-4H3,(H,16,18,19). The van der Waals surface area contributed by atoms with Gasteiger partial charge in [0, 0.05) is 23.9 Å². The lowest BCUT2D eigenvalue weighted by atomic mass is 9.86. The minimum absolute atomic E-state index is 0.149. The van der Waals surface area contributed by atoms with Crippen LogP contribution in [0.1, 0.15) is 26.3 Å². The first-order chi connectivity index (χ1) is 9.32. The van der Waals surface area contributed by atoms with Gasteiger partial charge in [0.1, 0.15) is 5.75 Å². The van der Waals surface area contributed by atoms with E-state index in [0.717, 1.165) is 5.56 Å². The van der Waals surface area contributed by atoms with E-state index < -0.39 is 11.2 Å². The summed E-state index contributed by atoms with van der Waals surface area (Å²) in [5.41, 5.74) is 0.534. The third kappa shape index (κ3) is 2.66. The molecule has 1 heterocycles. The van der Waals surface area contributed by atoms with Crippen LogP contribution in [0.25, 0.3) is 5.69 Å². The molecule has 2 rings (SSSR count). The van der Waals surface area contributed by atoms with Crippen LogP contribution < -0.4 is 16.0 Å². The molecule has 1 aromatic carbocycles. The topological polar surface area (TPSA) is 64.1 Å². The van der Waals surface area contributed by atoms with Crippen molar-refractivity contribution in [3.05, 3.63) is 56.9 Å². The molecule has 0 saturated heterocycles. The number of nitrogens with one attached hydrogen (secondary N) is 1. The number of nitrogens with zero attached hydrogens (tertiary/aromatic N) is 1. The molecule has 1 aromatic heterocycles. The van der Waals surface area contributed by atoms with E-state index in [1.165, 1.54) is 16.8 Å². The lowest BCUT2D eigenvalue weighted by molar-refractivity contribution is 0.396. The zero-order valence-electron chi connectivity index (χ0n) is 12.0. The van der Waals surface area contributed by atoms with Crippen LogP contribution in [-0.4, -0.2) is 16.7 Å². The van der Waals surface area contributed by atoms with E-state index in [1.807, 2.05) is 6.07 Å². The second kappa shape index (κ2) is 5.00. The van der Waals surface area contributed by atoms with Gasteiger partial charge in [0.15, 0.2) is 0 Å². The summed E-state index contributed by atoms with van der Waals surface area (Å²) in [7, 11) is 1.59. The summed E-state index contributed by atoms with van der Waals surface area (Å²) in [6.45, 7) is 6.16. The smallest absolute Gasteiger partial charge is 0.332 e. The van der Waals surface area contributed by atoms with Gasteiger partial charge < -0.3 is 4.74 Å². The van der Waals surface area contributed by atoms with E-state index in [-0.39, 0.29) is 5.41 Å².